The van der Waals surface area contributed by atoms with Crippen LogP contribution in [0.2, 0.25) is 5.02 Å². The molecule has 1 saturated heterocycles. The molecule has 0 spiro atoms. The fraction of sp³-hybridized carbons (Fsp3) is 0.455. The molecule has 31 heavy (non-hydrogen) atoms. The van der Waals surface area contributed by atoms with Gasteiger partial charge in [-0.05, 0) is 56.7 Å². The number of carbonyl (C=O) groups excluding carboxylic acids is 1. The van der Waals surface area contributed by atoms with E-state index >= 15 is 0 Å². The van der Waals surface area contributed by atoms with Gasteiger partial charge in [-0.1, -0.05) is 11.6 Å². The summed E-state index contributed by atoms with van der Waals surface area (Å²) in [7, 11) is 0. The summed E-state index contributed by atoms with van der Waals surface area (Å²) in [6.07, 6.45) is 4.25. The Hall–Kier alpha value is -1.90. The lowest BCUT2D eigenvalue weighted by Gasteiger charge is -2.27. The number of hydrogen-bond acceptors (Lipinski definition) is 4. The van der Waals surface area contributed by atoms with E-state index in [4.69, 9.17) is 17.3 Å². The van der Waals surface area contributed by atoms with Crippen molar-refractivity contribution >= 4 is 36.7 Å². The smallest absolute Gasteiger partial charge is 0.272 e. The van der Waals surface area contributed by atoms with Crippen LogP contribution in [0, 0.1) is 17.6 Å². The summed E-state index contributed by atoms with van der Waals surface area (Å²) < 4.78 is 28.0. The monoisotopic (exact) mass is 468 g/mol. The number of carbonyl (C=O) groups is 1. The molecule has 1 aliphatic carbocycles. The van der Waals surface area contributed by atoms with Crippen molar-refractivity contribution < 1.29 is 13.6 Å². The quantitative estimate of drug-likeness (QED) is 0.688. The van der Waals surface area contributed by atoms with Crippen LogP contribution in [0.5, 0.6) is 0 Å². The average Bonchev–Trinajstić information content (AvgIpc) is 3.43. The molecule has 0 radical (unpaired) electrons. The van der Waals surface area contributed by atoms with Crippen molar-refractivity contribution in [1.82, 2.24) is 10.3 Å². The van der Waals surface area contributed by atoms with E-state index in [0.29, 0.717) is 36.7 Å². The highest BCUT2D eigenvalue weighted by atomic mass is 35.5. The highest BCUT2D eigenvalue weighted by molar-refractivity contribution is 7.59. The van der Waals surface area contributed by atoms with Crippen LogP contribution in [0.25, 0.3) is 11.1 Å². The summed E-state index contributed by atoms with van der Waals surface area (Å²) in [5, 5.41) is 3.23. The average molecular weight is 469 g/mol. The van der Waals surface area contributed by atoms with Gasteiger partial charge in [0.2, 0.25) is 0 Å². The van der Waals surface area contributed by atoms with Crippen LogP contribution in [-0.2, 0) is 0 Å². The number of nitrogens with zero attached hydrogens (tertiary/aromatic N) is 2. The third-order valence-corrected chi connectivity index (χ3v) is 6.17. The maximum atomic E-state index is 14.0. The number of benzene rings is 1. The van der Waals surface area contributed by atoms with E-state index in [1.165, 1.54) is 18.3 Å². The summed E-state index contributed by atoms with van der Waals surface area (Å²) in [6.45, 7) is 4.96. The van der Waals surface area contributed by atoms with E-state index in [-0.39, 0.29) is 41.7 Å². The maximum absolute atomic E-state index is 14.0. The molecule has 4 rings (SSSR count). The van der Waals surface area contributed by atoms with Gasteiger partial charge in [-0.2, -0.15) is 13.5 Å². The van der Waals surface area contributed by atoms with E-state index in [1.54, 1.807) is 0 Å². The van der Waals surface area contributed by atoms with Gasteiger partial charge >= 0.3 is 0 Å². The summed E-state index contributed by atoms with van der Waals surface area (Å²) in [4.78, 5) is 19.4. The molecule has 2 atom stereocenters. The van der Waals surface area contributed by atoms with Gasteiger partial charge in [0, 0.05) is 42.5 Å². The second kappa shape index (κ2) is 8.92. The molecule has 1 saturated carbocycles. The zero-order chi connectivity index (χ0) is 21.6. The number of nitrogens with one attached hydrogen (secondary N) is 1. The lowest BCUT2D eigenvalue weighted by Crippen LogP contribution is -2.40. The molecule has 2 fully saturated rings. The number of aromatic nitrogens is 1. The fourth-order valence-electron chi connectivity index (χ4n) is 4.09. The first-order valence-electron chi connectivity index (χ1n) is 10.1. The predicted molar refractivity (Wildman–Crippen MR) is 124 cm³/mol. The molecule has 1 aromatic carbocycles. The van der Waals surface area contributed by atoms with Gasteiger partial charge in [-0.25, -0.2) is 13.8 Å². The Morgan fingerprint density at radius 1 is 1.32 bits per heavy atom. The van der Waals surface area contributed by atoms with Crippen LogP contribution in [0.4, 0.5) is 14.5 Å². The second-order valence-electron chi connectivity index (χ2n) is 8.76. The predicted octanol–water partition coefficient (Wildman–Crippen LogP) is 4.25. The number of nitrogens with two attached hydrogens (primary N) is 1. The van der Waals surface area contributed by atoms with Gasteiger partial charge in [0.25, 0.3) is 5.91 Å². The molecular weight excluding hydrogens is 442 g/mol. The third-order valence-electron chi connectivity index (χ3n) is 5.88. The Labute approximate surface area is 192 Å². The van der Waals surface area contributed by atoms with E-state index in [2.05, 4.69) is 10.3 Å². The van der Waals surface area contributed by atoms with E-state index in [9.17, 15) is 13.6 Å². The number of anilines is 1. The summed E-state index contributed by atoms with van der Waals surface area (Å²) in [6, 6.07) is 3.24. The normalized spacial score (nSPS) is 21.5. The number of pyridine rings is 1. The first kappa shape index (κ1) is 23.8. The van der Waals surface area contributed by atoms with Crippen molar-refractivity contribution in [2.24, 2.45) is 11.7 Å². The maximum Gasteiger partial charge on any atom is 0.272 e. The van der Waals surface area contributed by atoms with E-state index in [0.717, 1.165) is 18.9 Å². The Morgan fingerprint density at radius 3 is 2.52 bits per heavy atom. The fourth-order valence-corrected chi connectivity index (χ4v) is 4.34. The summed E-state index contributed by atoms with van der Waals surface area (Å²) in [5.41, 5.74) is 7.14. The summed E-state index contributed by atoms with van der Waals surface area (Å²) >= 11 is 6.46. The number of rotatable bonds is 5. The van der Waals surface area contributed by atoms with Crippen molar-refractivity contribution in [2.45, 2.75) is 44.7 Å². The van der Waals surface area contributed by atoms with Gasteiger partial charge in [0.05, 0.1) is 10.7 Å². The van der Waals surface area contributed by atoms with Crippen molar-refractivity contribution in [1.29, 1.82) is 0 Å². The Morgan fingerprint density at radius 2 is 1.97 bits per heavy atom. The molecule has 9 heteroatoms. The molecule has 168 valence electrons. The molecule has 2 aromatic rings. The SMILES string of the molecule is C[C@H](NC(=O)c1ncc(Cl)c(-c2cc(F)cc(F)c2)c1N1CC[C@](C)(N)C1)C1CC1.S. The molecule has 1 aromatic heterocycles. The van der Waals surface area contributed by atoms with Crippen molar-refractivity contribution in [3.8, 4) is 11.1 Å². The van der Waals surface area contributed by atoms with Crippen molar-refractivity contribution in [2.75, 3.05) is 18.0 Å². The van der Waals surface area contributed by atoms with Crippen molar-refractivity contribution in [3.63, 3.8) is 0 Å². The van der Waals surface area contributed by atoms with Gasteiger partial charge in [-0.3, -0.25) is 4.79 Å². The third kappa shape index (κ3) is 5.13. The minimum Gasteiger partial charge on any atom is -0.367 e. The zero-order valence-electron chi connectivity index (χ0n) is 17.5. The van der Waals surface area contributed by atoms with Crippen LogP contribution in [0.15, 0.2) is 24.4 Å². The van der Waals surface area contributed by atoms with Crippen LogP contribution in [0.1, 0.15) is 43.6 Å². The molecule has 1 amide bonds. The van der Waals surface area contributed by atoms with E-state index < -0.39 is 17.2 Å². The van der Waals surface area contributed by atoms with Crippen LogP contribution < -0.4 is 16.0 Å². The minimum atomic E-state index is -0.720. The number of hydrogen-bond donors (Lipinski definition) is 2. The lowest BCUT2D eigenvalue weighted by molar-refractivity contribution is 0.0931. The first-order valence-corrected chi connectivity index (χ1v) is 10.5. The van der Waals surface area contributed by atoms with Gasteiger partial charge < -0.3 is 16.0 Å². The highest BCUT2D eigenvalue weighted by Gasteiger charge is 2.36. The molecule has 0 unspecified atom stereocenters. The zero-order valence-corrected chi connectivity index (χ0v) is 19.3. The number of amides is 1. The molecule has 3 N–H and O–H groups in total. The van der Waals surface area contributed by atoms with Gasteiger partial charge in [0.15, 0.2) is 5.69 Å². The van der Waals surface area contributed by atoms with Crippen LogP contribution >= 0.6 is 25.1 Å². The molecule has 1 aliphatic heterocycles. The molecule has 5 nitrogen and oxygen atoms in total. The minimum absolute atomic E-state index is 0. The highest BCUT2D eigenvalue weighted by Crippen LogP contribution is 2.41. The molecule has 2 heterocycles. The first-order chi connectivity index (χ1) is 14.1. The Bertz CT molecular complexity index is 979. The van der Waals surface area contributed by atoms with Gasteiger partial charge in [0.1, 0.15) is 11.6 Å². The van der Waals surface area contributed by atoms with E-state index in [1.807, 2.05) is 18.7 Å². The standard InChI is InChI=1S/C22H25ClF2N4O.H2S/c1-12(13-3-4-13)28-21(30)19-20(29-6-5-22(2,26)11-29)18(17(23)10-27-19)14-7-15(24)9-16(25)8-14;/h7-10,12-13H,3-6,11,26H2,1-2H3,(H,28,30);1H2/t12-,22-;/m0./s1. The molecular formula is C22H27ClF2N4OS. The number of halogens is 3. The Kier molecular flexibility index (Phi) is 6.84. The topological polar surface area (TPSA) is 71.2 Å². The van der Waals surface area contributed by atoms with Crippen LogP contribution in [0.3, 0.4) is 0 Å². The lowest BCUT2D eigenvalue weighted by atomic mass is 10.0. The largest absolute Gasteiger partial charge is 0.367 e. The Balaban J connectivity index is 0.00000272. The molecule has 0 bridgehead atoms. The van der Waals surface area contributed by atoms with Gasteiger partial charge in [-0.15, -0.1) is 0 Å². The summed E-state index contributed by atoms with van der Waals surface area (Å²) in [5.74, 6) is -1.30. The molecule has 2 aliphatic rings. The van der Waals surface area contributed by atoms with Crippen LogP contribution in [-0.4, -0.2) is 35.6 Å². The second-order valence-corrected chi connectivity index (χ2v) is 9.17. The van der Waals surface area contributed by atoms with Crippen molar-refractivity contribution in [3.05, 3.63) is 46.7 Å².